The minimum Gasteiger partial charge on any atom is -0.793 e. The summed E-state index contributed by atoms with van der Waals surface area (Å²) in [4.78, 5) is 0. The van der Waals surface area contributed by atoms with Gasteiger partial charge in [-0.1, -0.05) is 84.0 Å². The molecule has 0 spiro atoms. The molecule has 16 heavy (non-hydrogen) atoms. The van der Waals surface area contributed by atoms with Crippen LogP contribution in [0.3, 0.4) is 0 Å². The van der Waals surface area contributed by atoms with E-state index in [0.717, 1.165) is 5.75 Å². The Balaban J connectivity index is 0. The summed E-state index contributed by atoms with van der Waals surface area (Å²) in [5, 5.41) is 0. The Kier molecular flexibility index (Phi) is 23.0. The van der Waals surface area contributed by atoms with Crippen molar-refractivity contribution in [3.05, 3.63) is 0 Å². The number of hydrogen-bond donors (Lipinski definition) is 0. The van der Waals surface area contributed by atoms with Crippen molar-refractivity contribution in [2.45, 2.75) is 84.0 Å². The van der Waals surface area contributed by atoms with Crippen LogP contribution in [0.25, 0.3) is 0 Å². The predicted molar refractivity (Wildman–Crippen MR) is 73.3 cm³/mol. The summed E-state index contributed by atoms with van der Waals surface area (Å²) in [5.74, 6) is 0.956. The normalized spacial score (nSPS) is 10.1. The number of rotatable bonds is 12. The van der Waals surface area contributed by atoms with Gasteiger partial charge < -0.3 is 12.6 Å². The van der Waals surface area contributed by atoms with Crippen molar-refractivity contribution < 1.29 is 29.6 Å². The Morgan fingerprint density at radius 1 is 0.562 bits per heavy atom. The van der Waals surface area contributed by atoms with Crippen molar-refractivity contribution in [1.82, 2.24) is 0 Å². The second kappa shape index (κ2) is 18.7. The summed E-state index contributed by atoms with van der Waals surface area (Å²) >= 11 is 4.92. The standard InChI is InChI=1S/C14H30S.Na/c1-2-3-4-5-6-7-8-9-10-11-12-13-14-15;/h15H,2-14H2,1H3;/q;+1/p-1. The Morgan fingerprint density at radius 3 is 1.19 bits per heavy atom. The zero-order valence-corrected chi connectivity index (χ0v) is 14.4. The van der Waals surface area contributed by atoms with Crippen molar-refractivity contribution in [2.75, 3.05) is 5.75 Å². The third-order valence-electron chi connectivity index (χ3n) is 3.00. The van der Waals surface area contributed by atoms with Gasteiger partial charge in [0, 0.05) is 0 Å². The molecule has 0 N–H and O–H groups in total. The first kappa shape index (κ1) is 19.7. The van der Waals surface area contributed by atoms with E-state index in [9.17, 15) is 0 Å². The van der Waals surface area contributed by atoms with Crippen molar-refractivity contribution in [2.24, 2.45) is 0 Å². The molecule has 0 bridgehead atoms. The Bertz CT molecular complexity index is 94.9. The molecule has 0 atom stereocenters. The molecule has 0 aromatic rings. The fourth-order valence-electron chi connectivity index (χ4n) is 1.94. The van der Waals surface area contributed by atoms with Gasteiger partial charge in [-0.3, -0.25) is 0 Å². The van der Waals surface area contributed by atoms with Crippen LogP contribution in [0.5, 0.6) is 0 Å². The minimum absolute atomic E-state index is 0. The van der Waals surface area contributed by atoms with E-state index < -0.39 is 0 Å². The molecular weight excluding hydrogens is 223 g/mol. The zero-order chi connectivity index (χ0) is 11.2. The van der Waals surface area contributed by atoms with E-state index in [0.29, 0.717) is 0 Å². The largest absolute Gasteiger partial charge is 1.00 e. The maximum Gasteiger partial charge on any atom is 1.00 e. The van der Waals surface area contributed by atoms with E-state index in [2.05, 4.69) is 6.92 Å². The third-order valence-corrected chi connectivity index (χ3v) is 3.29. The van der Waals surface area contributed by atoms with Crippen LogP contribution < -0.4 is 29.6 Å². The summed E-state index contributed by atoms with van der Waals surface area (Å²) < 4.78 is 0. The molecule has 0 aliphatic rings. The predicted octanol–water partition coefficient (Wildman–Crippen LogP) is 2.24. The molecule has 0 fully saturated rings. The second-order valence-corrected chi connectivity index (χ2v) is 5.00. The SMILES string of the molecule is CCCCCCCCCCCCCC[S-].[Na+]. The van der Waals surface area contributed by atoms with Gasteiger partial charge in [0.15, 0.2) is 0 Å². The molecule has 0 aromatic carbocycles. The Morgan fingerprint density at radius 2 is 0.875 bits per heavy atom. The zero-order valence-electron chi connectivity index (χ0n) is 11.6. The van der Waals surface area contributed by atoms with Gasteiger partial charge >= 0.3 is 29.6 Å². The van der Waals surface area contributed by atoms with Crippen LogP contribution in [0.15, 0.2) is 0 Å². The van der Waals surface area contributed by atoms with Gasteiger partial charge in [0.25, 0.3) is 0 Å². The topological polar surface area (TPSA) is 0 Å². The first-order valence-corrected chi connectivity index (χ1v) is 7.57. The van der Waals surface area contributed by atoms with Crippen LogP contribution in [0.4, 0.5) is 0 Å². The second-order valence-electron chi connectivity index (χ2n) is 4.59. The van der Waals surface area contributed by atoms with Crippen LogP contribution in [0.1, 0.15) is 84.0 Å². The third kappa shape index (κ3) is 17.7. The molecular formula is C14H29NaS. The van der Waals surface area contributed by atoms with Crippen LogP contribution in [0, 0.1) is 0 Å². The molecule has 0 aromatic heterocycles. The molecule has 92 valence electrons. The summed E-state index contributed by atoms with van der Waals surface area (Å²) in [6.07, 6.45) is 17.0. The van der Waals surface area contributed by atoms with Crippen molar-refractivity contribution >= 4 is 12.6 Å². The van der Waals surface area contributed by atoms with E-state index in [4.69, 9.17) is 12.6 Å². The quantitative estimate of drug-likeness (QED) is 0.292. The van der Waals surface area contributed by atoms with Gasteiger partial charge in [-0.2, -0.15) is 5.75 Å². The van der Waals surface area contributed by atoms with Gasteiger partial charge in [-0.25, -0.2) is 0 Å². The molecule has 0 saturated heterocycles. The molecule has 0 aliphatic carbocycles. The summed E-state index contributed by atoms with van der Waals surface area (Å²) in [5.41, 5.74) is 0. The van der Waals surface area contributed by atoms with Crippen molar-refractivity contribution in [3.8, 4) is 0 Å². The van der Waals surface area contributed by atoms with E-state index >= 15 is 0 Å². The summed E-state index contributed by atoms with van der Waals surface area (Å²) in [6, 6.07) is 0. The first-order chi connectivity index (χ1) is 7.41. The van der Waals surface area contributed by atoms with Gasteiger partial charge in [0.1, 0.15) is 0 Å². The molecule has 0 saturated carbocycles. The Labute approximate surface area is 131 Å². The summed E-state index contributed by atoms with van der Waals surface area (Å²) in [7, 11) is 0. The Hall–Kier alpha value is 1.35. The van der Waals surface area contributed by atoms with Crippen molar-refractivity contribution in [3.63, 3.8) is 0 Å². The summed E-state index contributed by atoms with van der Waals surface area (Å²) in [6.45, 7) is 2.28. The molecule has 0 amide bonds. The van der Waals surface area contributed by atoms with E-state index in [-0.39, 0.29) is 29.6 Å². The fourth-order valence-corrected chi connectivity index (χ4v) is 2.15. The van der Waals surface area contributed by atoms with Gasteiger partial charge in [-0.15, -0.1) is 0 Å². The van der Waals surface area contributed by atoms with Crippen LogP contribution >= 0.6 is 0 Å². The maximum atomic E-state index is 4.92. The van der Waals surface area contributed by atoms with E-state index in [1.54, 1.807) is 0 Å². The molecule has 0 aliphatic heterocycles. The number of unbranched alkanes of at least 4 members (excludes halogenated alkanes) is 11. The molecule has 0 heterocycles. The van der Waals surface area contributed by atoms with Crippen molar-refractivity contribution in [1.29, 1.82) is 0 Å². The molecule has 2 heteroatoms. The molecule has 0 rings (SSSR count). The van der Waals surface area contributed by atoms with Gasteiger partial charge in [0.05, 0.1) is 0 Å². The van der Waals surface area contributed by atoms with Gasteiger partial charge in [0.2, 0.25) is 0 Å². The minimum atomic E-state index is 0. The molecule has 0 radical (unpaired) electrons. The smallest absolute Gasteiger partial charge is 0.793 e. The maximum absolute atomic E-state index is 4.92. The van der Waals surface area contributed by atoms with Crippen LogP contribution in [-0.2, 0) is 12.6 Å². The van der Waals surface area contributed by atoms with Gasteiger partial charge in [-0.05, 0) is 0 Å². The average Bonchev–Trinajstić information content (AvgIpc) is 2.26. The number of hydrogen-bond acceptors (Lipinski definition) is 1. The average molecular weight is 252 g/mol. The molecule has 0 nitrogen and oxygen atoms in total. The van der Waals surface area contributed by atoms with E-state index in [1.165, 1.54) is 77.0 Å². The fraction of sp³-hybridized carbons (Fsp3) is 1.00. The first-order valence-electron chi connectivity index (χ1n) is 7.00. The van der Waals surface area contributed by atoms with Crippen LogP contribution in [-0.4, -0.2) is 5.75 Å². The van der Waals surface area contributed by atoms with E-state index in [1.807, 2.05) is 0 Å². The molecule has 0 unspecified atom stereocenters. The van der Waals surface area contributed by atoms with Crippen LogP contribution in [0.2, 0.25) is 0 Å². The monoisotopic (exact) mass is 252 g/mol.